The molecule has 0 aromatic carbocycles. The Bertz CT molecular complexity index is 824. The molecule has 11 atom stereocenters. The van der Waals surface area contributed by atoms with E-state index in [4.69, 9.17) is 32.9 Å². The molecule has 0 amide bonds. The molecule has 15 heteroatoms. The van der Waals surface area contributed by atoms with Gasteiger partial charge in [-0.25, -0.2) is 19.8 Å². The fourth-order valence-corrected chi connectivity index (χ4v) is 6.86. The first-order valence-electron chi connectivity index (χ1n) is 14.8. The van der Waals surface area contributed by atoms with Crippen molar-refractivity contribution >= 4 is 36.2 Å². The van der Waals surface area contributed by atoms with Gasteiger partial charge in [0.1, 0.15) is 16.8 Å². The molecule has 3 aliphatic rings. The molecule has 3 saturated heterocycles. The largest absolute Gasteiger partial charge is 2.00 e. The van der Waals surface area contributed by atoms with Gasteiger partial charge < -0.3 is 69.6 Å². The van der Waals surface area contributed by atoms with Crippen molar-refractivity contribution in [1.29, 1.82) is 0 Å². The van der Waals surface area contributed by atoms with Crippen LogP contribution in [0.1, 0.15) is 47.0 Å². The predicted octanol–water partition coefficient (Wildman–Crippen LogP) is 5.88. The van der Waals surface area contributed by atoms with Crippen LogP contribution in [-0.4, -0.2) is 102 Å². The normalized spacial score (nSPS) is 33.5. The number of hydrogen-bond acceptors (Lipinski definition) is 10. The second-order valence-corrected chi connectivity index (χ2v) is 13.7. The van der Waals surface area contributed by atoms with Crippen molar-refractivity contribution in [1.82, 2.24) is 0 Å². The topological polar surface area (TPSA) is 116 Å². The average Bonchev–Trinajstić information content (AvgIpc) is 3.00. The summed E-state index contributed by atoms with van der Waals surface area (Å²) in [4.78, 5) is 33.0. The molecule has 3 rings (SSSR count). The van der Waals surface area contributed by atoms with Crippen LogP contribution in [0.25, 0.3) is 0 Å². The van der Waals surface area contributed by atoms with E-state index < -0.39 is 16.8 Å². The summed E-state index contributed by atoms with van der Waals surface area (Å²) in [6.45, 7) is 18.8. The minimum Gasteiger partial charge on any atom is -0.540 e. The van der Waals surface area contributed by atoms with Crippen LogP contribution in [0.15, 0.2) is 0 Å². The molecule has 3 aliphatic heterocycles. The summed E-state index contributed by atoms with van der Waals surface area (Å²) in [5.74, 6) is 2.06. The third-order valence-corrected chi connectivity index (χ3v) is 9.55. The number of hydrogen-bond donors (Lipinski definition) is 0. The molecule has 3 heterocycles. The van der Waals surface area contributed by atoms with Crippen LogP contribution in [0.2, 0.25) is 0 Å². The van der Waals surface area contributed by atoms with Crippen molar-refractivity contribution in [3.05, 3.63) is 42.1 Å². The van der Waals surface area contributed by atoms with E-state index in [1.54, 1.807) is 34.5 Å². The maximum absolute atomic E-state index is 11.1. The average molecular weight is 1250 g/mol. The van der Waals surface area contributed by atoms with Gasteiger partial charge in [-0.2, -0.15) is 0 Å². The minimum absolute atomic E-state index is 0. The number of carbonyl (C=O) groups is 3. The number of methoxy groups -OCH3 is 3. The van der Waals surface area contributed by atoms with Crippen molar-refractivity contribution in [3.8, 4) is 0 Å². The molecule has 10 nitrogen and oxygen atoms in total. The quantitative estimate of drug-likeness (QED) is 0.126. The van der Waals surface area contributed by atoms with Gasteiger partial charge in [-0.15, -0.1) is 26.3 Å². The summed E-state index contributed by atoms with van der Waals surface area (Å²) in [6.07, 6.45) is 5.81. The molecule has 0 aromatic heterocycles. The molecule has 0 radical (unpaired) electrons. The van der Waals surface area contributed by atoms with E-state index in [1.165, 1.54) is 0 Å². The molecular weight excluding hydrogens is 1180 g/mol. The first kappa shape index (κ1) is 62.6. The molecule has 3 fully saturated rings. The third-order valence-electron chi connectivity index (χ3n) is 8.13. The van der Waals surface area contributed by atoms with Crippen LogP contribution in [0.3, 0.4) is 0 Å². The number of ether oxygens (including phenoxy) is 6. The van der Waals surface area contributed by atoms with Crippen molar-refractivity contribution < 1.29 is 111 Å². The fraction of sp³-hybridized carbons (Fsp3) is 0.735. The summed E-state index contributed by atoms with van der Waals surface area (Å²) < 4.78 is 37.1. The summed E-state index contributed by atoms with van der Waals surface area (Å²) in [5, 5.41) is 0. The molecular formula is C34H64O10P2W3. The first-order valence-corrected chi connectivity index (χ1v) is 18.0. The number of rotatable bonds is 13. The second-order valence-electron chi connectivity index (χ2n) is 12.0. The van der Waals surface area contributed by atoms with E-state index in [0.29, 0.717) is 52.1 Å². The van der Waals surface area contributed by atoms with E-state index in [2.05, 4.69) is 27.4 Å². The van der Waals surface area contributed by atoms with Gasteiger partial charge in [0.15, 0.2) is 18.9 Å². The Morgan fingerprint density at radius 2 is 1.04 bits per heavy atom. The predicted molar refractivity (Wildman–Crippen MR) is 190 cm³/mol. The smallest absolute Gasteiger partial charge is 0.540 e. The van der Waals surface area contributed by atoms with Gasteiger partial charge >= 0.3 is 63.2 Å². The number of carbonyl (C=O) groups excluding carboxylic acids is 3. The van der Waals surface area contributed by atoms with E-state index in [1.807, 2.05) is 20.2 Å². The van der Waals surface area contributed by atoms with Crippen LogP contribution >= 0.6 is 17.4 Å². The fourth-order valence-electron chi connectivity index (χ4n) is 5.29. The Labute approximate surface area is 346 Å². The third kappa shape index (κ3) is 20.8. The maximum Gasteiger partial charge on any atom is 2.00 e. The van der Waals surface area contributed by atoms with E-state index in [0.717, 1.165) is 46.4 Å². The van der Waals surface area contributed by atoms with Gasteiger partial charge in [0.05, 0.1) is 19.8 Å². The van der Waals surface area contributed by atoms with E-state index >= 15 is 0 Å². The number of aldehydes is 3. The summed E-state index contributed by atoms with van der Waals surface area (Å²) in [7, 11) is 6.09. The van der Waals surface area contributed by atoms with Crippen molar-refractivity contribution in [2.45, 2.75) is 69.9 Å². The van der Waals surface area contributed by atoms with Gasteiger partial charge in [0.2, 0.25) is 0 Å². The van der Waals surface area contributed by atoms with Gasteiger partial charge in [-0.05, 0) is 26.2 Å². The van der Waals surface area contributed by atoms with Crippen LogP contribution in [0.4, 0.5) is 0 Å². The Morgan fingerprint density at radius 3 is 1.39 bits per heavy atom. The Balaban J connectivity index is -0.000000134. The van der Waals surface area contributed by atoms with Crippen molar-refractivity contribution in [3.63, 3.8) is 0 Å². The van der Waals surface area contributed by atoms with E-state index in [-0.39, 0.29) is 104 Å². The van der Waals surface area contributed by atoms with Crippen molar-refractivity contribution in [2.24, 2.45) is 29.6 Å². The summed E-state index contributed by atoms with van der Waals surface area (Å²) in [5.41, 5.74) is -2.33. The Morgan fingerprint density at radius 1 is 0.653 bits per heavy atom. The zero-order valence-corrected chi connectivity index (χ0v) is 42.5. The minimum atomic E-state index is -0.856. The van der Waals surface area contributed by atoms with Crippen LogP contribution < -0.4 is 0 Å². The van der Waals surface area contributed by atoms with Crippen LogP contribution in [0, 0.1) is 71.7 Å². The zero-order valence-electron chi connectivity index (χ0n) is 31.7. The molecule has 49 heavy (non-hydrogen) atoms. The first-order chi connectivity index (χ1) is 20.5. The SMILES string of the molecule is COCC1(C=O)CC(C)C(C)[CH-]O1.COCC1(C=O)CC(C)C(CPC)[CH-]O1.COCC1(C=O)CC(OPC)C(C)[CH-]O1.[CH3-].[CH3-].[CH3-].[W+2].[W+2].[W+2]. The Kier molecular flexibility index (Phi) is 42.2. The second kappa shape index (κ2) is 33.0. The van der Waals surface area contributed by atoms with Crippen molar-refractivity contribution in [2.75, 3.05) is 60.6 Å². The van der Waals surface area contributed by atoms with Gasteiger partial charge in [0, 0.05) is 42.7 Å². The molecule has 0 spiro atoms. The molecule has 288 valence electrons. The van der Waals surface area contributed by atoms with Gasteiger partial charge in [0.25, 0.3) is 0 Å². The molecule has 0 aliphatic carbocycles. The molecule has 0 aromatic rings. The van der Waals surface area contributed by atoms with Gasteiger partial charge in [-0.1, -0.05) is 45.7 Å². The van der Waals surface area contributed by atoms with E-state index in [9.17, 15) is 14.4 Å². The maximum atomic E-state index is 11.1. The van der Waals surface area contributed by atoms with Crippen LogP contribution in [0.5, 0.6) is 0 Å². The van der Waals surface area contributed by atoms with Crippen LogP contribution in [-0.2, 0) is 111 Å². The molecule has 0 bridgehead atoms. The zero-order chi connectivity index (χ0) is 32.5. The van der Waals surface area contributed by atoms with Gasteiger partial charge in [-0.3, -0.25) is 0 Å². The standard InChI is InChI=1S/C11H20O3P.C10H18O4P.C10H17O3.3CH3.3W/c1-9-4-11(7-12,8-13-2)14-5-10(9)6-15-3;1-8-5-13-10(6-11,7-12-2)4-9(8)14-15-3;1-8-4-10(6-11,7-12-3)13-5-9(8)2;;;;;;/h5,7,9-10,15H,4,6,8H2,1-3H3;5-6,8-9,15H,4,7H2,1-3H3;5-6,8-9H,4,7H2,1-3H3;3*1H3;;;/q6*-1;3*+2. The Hall–Kier alpha value is 1.65. The molecule has 0 N–H and O–H groups in total. The summed E-state index contributed by atoms with van der Waals surface area (Å²) >= 11 is 0. The molecule has 0 saturated carbocycles. The summed E-state index contributed by atoms with van der Waals surface area (Å²) in [6, 6.07) is 0. The monoisotopic (exact) mass is 1250 g/mol. The molecule has 11 unspecified atom stereocenters.